The summed E-state index contributed by atoms with van der Waals surface area (Å²) in [5.74, 6) is 2.76. The van der Waals surface area contributed by atoms with Crippen LogP contribution in [0.3, 0.4) is 0 Å². The second kappa shape index (κ2) is 4.40. The number of hydrogen-bond donors (Lipinski definition) is 0. The summed E-state index contributed by atoms with van der Waals surface area (Å²) in [5, 5.41) is 1.04. The lowest BCUT2D eigenvalue weighted by Crippen LogP contribution is -2.24. The third kappa shape index (κ3) is 1.96. The predicted octanol–water partition coefficient (Wildman–Crippen LogP) is 2.53. The first-order valence-electron chi connectivity index (χ1n) is 6.32. The summed E-state index contributed by atoms with van der Waals surface area (Å²) in [6.45, 7) is 2.54. The topological polar surface area (TPSA) is 33.2 Å². The number of benzene rings is 1. The van der Waals surface area contributed by atoms with E-state index in [-0.39, 0.29) is 11.8 Å². The molecule has 2 aromatic rings. The van der Waals surface area contributed by atoms with E-state index in [4.69, 9.17) is 6.42 Å². The first kappa shape index (κ1) is 11.7. The van der Waals surface area contributed by atoms with Gasteiger partial charge in [0.1, 0.15) is 0 Å². The van der Waals surface area contributed by atoms with Crippen LogP contribution in [0.4, 0.5) is 5.69 Å². The fraction of sp³-hybridized carbons (Fsp3) is 0.250. The van der Waals surface area contributed by atoms with Gasteiger partial charge in [0.2, 0.25) is 5.91 Å². The van der Waals surface area contributed by atoms with E-state index in [1.165, 1.54) is 0 Å². The molecule has 1 aliphatic heterocycles. The second-order valence-corrected chi connectivity index (χ2v) is 4.87. The van der Waals surface area contributed by atoms with Gasteiger partial charge in [0.25, 0.3) is 0 Å². The molecule has 1 aliphatic rings. The van der Waals surface area contributed by atoms with Crippen molar-refractivity contribution in [1.82, 2.24) is 4.98 Å². The zero-order valence-corrected chi connectivity index (χ0v) is 10.8. The third-order valence-electron chi connectivity index (χ3n) is 3.49. The molecule has 1 atom stereocenters. The summed E-state index contributed by atoms with van der Waals surface area (Å²) >= 11 is 0. The number of carbonyl (C=O) groups excluding carboxylic acids is 1. The number of amides is 1. The fourth-order valence-electron chi connectivity index (χ4n) is 2.50. The van der Waals surface area contributed by atoms with E-state index < -0.39 is 0 Å². The largest absolute Gasteiger partial charge is 0.309 e. The summed E-state index contributed by atoms with van der Waals surface area (Å²) in [6, 6.07) is 9.89. The molecule has 0 N–H and O–H groups in total. The molecule has 2 heterocycles. The van der Waals surface area contributed by atoms with Crippen LogP contribution in [0.5, 0.6) is 0 Å². The first-order chi connectivity index (χ1) is 9.19. The molecule has 3 nitrogen and oxygen atoms in total. The highest BCUT2D eigenvalue weighted by atomic mass is 16.2. The van der Waals surface area contributed by atoms with Crippen molar-refractivity contribution in [2.45, 2.75) is 13.3 Å². The van der Waals surface area contributed by atoms with Gasteiger partial charge in [0, 0.05) is 30.0 Å². The Labute approximate surface area is 112 Å². The highest BCUT2D eigenvalue weighted by molar-refractivity contribution is 6.03. The normalized spacial score (nSPS) is 18.8. The fourth-order valence-corrected chi connectivity index (χ4v) is 2.50. The molecule has 3 heteroatoms. The van der Waals surface area contributed by atoms with E-state index in [1.807, 2.05) is 37.3 Å². The molecule has 0 aliphatic carbocycles. The Bertz CT molecular complexity index is 699. The maximum absolute atomic E-state index is 12.1. The van der Waals surface area contributed by atoms with Crippen molar-refractivity contribution in [3.8, 4) is 12.3 Å². The Kier molecular flexibility index (Phi) is 2.72. The molecular weight excluding hydrogens is 236 g/mol. The molecule has 0 saturated carbocycles. The minimum Gasteiger partial charge on any atom is -0.309 e. The summed E-state index contributed by atoms with van der Waals surface area (Å²) in [5.41, 5.74) is 2.68. The number of para-hydroxylation sites is 1. The lowest BCUT2D eigenvalue weighted by atomic mass is 10.1. The molecular formula is C16H14N2O. The van der Waals surface area contributed by atoms with Crippen molar-refractivity contribution < 1.29 is 4.79 Å². The lowest BCUT2D eigenvalue weighted by molar-refractivity contribution is -0.117. The van der Waals surface area contributed by atoms with Crippen LogP contribution >= 0.6 is 0 Å². The number of fused-ring (bicyclic) bond motifs is 1. The van der Waals surface area contributed by atoms with Gasteiger partial charge in [-0.05, 0) is 19.1 Å². The minimum atomic E-state index is 0.00700. The van der Waals surface area contributed by atoms with Gasteiger partial charge >= 0.3 is 0 Å². The molecule has 0 spiro atoms. The van der Waals surface area contributed by atoms with Crippen LogP contribution < -0.4 is 4.90 Å². The van der Waals surface area contributed by atoms with Gasteiger partial charge < -0.3 is 4.90 Å². The number of hydrogen-bond acceptors (Lipinski definition) is 2. The smallest absolute Gasteiger partial charge is 0.228 e. The Morgan fingerprint density at radius 3 is 2.95 bits per heavy atom. The number of terminal acetylenes is 1. The standard InChI is InChI=1S/C16H14N2O/c1-3-12-9-15(19)18(10-12)14-6-4-5-13-8-7-11(2)17-16(13)14/h1,4-8,12H,9-10H2,2H3. The molecule has 1 saturated heterocycles. The van der Waals surface area contributed by atoms with E-state index in [0.29, 0.717) is 13.0 Å². The number of aromatic nitrogens is 1. The first-order valence-corrected chi connectivity index (χ1v) is 6.32. The van der Waals surface area contributed by atoms with E-state index in [0.717, 1.165) is 22.3 Å². The SMILES string of the molecule is C#CC1CC(=O)N(c2cccc3ccc(C)nc23)C1. The van der Waals surface area contributed by atoms with Gasteiger partial charge in [-0.25, -0.2) is 0 Å². The predicted molar refractivity (Wildman–Crippen MR) is 75.8 cm³/mol. The van der Waals surface area contributed by atoms with Crippen molar-refractivity contribution in [2.75, 3.05) is 11.4 Å². The molecule has 0 radical (unpaired) electrons. The van der Waals surface area contributed by atoms with Crippen molar-refractivity contribution in [3.63, 3.8) is 0 Å². The van der Waals surface area contributed by atoms with Gasteiger partial charge in [-0.15, -0.1) is 12.3 Å². The summed E-state index contributed by atoms with van der Waals surface area (Å²) in [7, 11) is 0. The van der Waals surface area contributed by atoms with Crippen molar-refractivity contribution in [2.24, 2.45) is 5.92 Å². The van der Waals surface area contributed by atoms with Gasteiger partial charge in [-0.2, -0.15) is 0 Å². The summed E-state index contributed by atoms with van der Waals surface area (Å²) in [6.07, 6.45) is 5.86. The van der Waals surface area contributed by atoms with Crippen LogP contribution in [-0.2, 0) is 4.79 Å². The van der Waals surface area contributed by atoms with E-state index >= 15 is 0 Å². The monoisotopic (exact) mass is 250 g/mol. The lowest BCUT2D eigenvalue weighted by Gasteiger charge is -2.17. The van der Waals surface area contributed by atoms with Crippen LogP contribution in [-0.4, -0.2) is 17.4 Å². The van der Waals surface area contributed by atoms with Crippen LogP contribution in [0.1, 0.15) is 12.1 Å². The van der Waals surface area contributed by atoms with Crippen molar-refractivity contribution in [1.29, 1.82) is 0 Å². The Morgan fingerprint density at radius 1 is 1.37 bits per heavy atom. The molecule has 1 amide bonds. The molecule has 1 aromatic carbocycles. The van der Waals surface area contributed by atoms with Gasteiger partial charge in [0.15, 0.2) is 0 Å². The zero-order valence-electron chi connectivity index (χ0n) is 10.8. The van der Waals surface area contributed by atoms with Crippen molar-refractivity contribution >= 4 is 22.5 Å². The van der Waals surface area contributed by atoms with Crippen LogP contribution in [0.15, 0.2) is 30.3 Å². The summed E-state index contributed by atoms with van der Waals surface area (Å²) < 4.78 is 0. The Hall–Kier alpha value is -2.34. The number of anilines is 1. The van der Waals surface area contributed by atoms with Gasteiger partial charge in [-0.3, -0.25) is 9.78 Å². The highest BCUT2D eigenvalue weighted by Gasteiger charge is 2.30. The Balaban J connectivity index is 2.13. The number of nitrogens with zero attached hydrogens (tertiary/aromatic N) is 2. The number of aryl methyl sites for hydroxylation is 1. The second-order valence-electron chi connectivity index (χ2n) is 4.87. The quantitative estimate of drug-likeness (QED) is 0.729. The molecule has 0 bridgehead atoms. The zero-order chi connectivity index (χ0) is 13.4. The van der Waals surface area contributed by atoms with Crippen molar-refractivity contribution in [3.05, 3.63) is 36.0 Å². The van der Waals surface area contributed by atoms with E-state index in [9.17, 15) is 4.79 Å². The third-order valence-corrected chi connectivity index (χ3v) is 3.49. The average molecular weight is 250 g/mol. The minimum absolute atomic E-state index is 0.00700. The Morgan fingerprint density at radius 2 is 2.21 bits per heavy atom. The average Bonchev–Trinajstić information content (AvgIpc) is 2.79. The van der Waals surface area contributed by atoms with E-state index in [2.05, 4.69) is 10.9 Å². The molecule has 1 unspecified atom stereocenters. The molecule has 1 fully saturated rings. The van der Waals surface area contributed by atoms with E-state index in [1.54, 1.807) is 4.90 Å². The molecule has 3 rings (SSSR count). The van der Waals surface area contributed by atoms with Crippen LogP contribution in [0.25, 0.3) is 10.9 Å². The number of pyridine rings is 1. The highest BCUT2D eigenvalue weighted by Crippen LogP contribution is 2.30. The van der Waals surface area contributed by atoms with Crippen LogP contribution in [0.2, 0.25) is 0 Å². The molecule has 1 aromatic heterocycles. The maximum Gasteiger partial charge on any atom is 0.228 e. The maximum atomic E-state index is 12.1. The summed E-state index contributed by atoms with van der Waals surface area (Å²) in [4.78, 5) is 18.4. The van der Waals surface area contributed by atoms with Gasteiger partial charge in [-0.1, -0.05) is 18.2 Å². The van der Waals surface area contributed by atoms with Crippen LogP contribution in [0, 0.1) is 25.2 Å². The number of carbonyl (C=O) groups is 1. The number of rotatable bonds is 1. The van der Waals surface area contributed by atoms with Gasteiger partial charge in [0.05, 0.1) is 11.2 Å². The molecule has 94 valence electrons. The molecule has 19 heavy (non-hydrogen) atoms.